The van der Waals surface area contributed by atoms with E-state index >= 15 is 0 Å². The van der Waals surface area contributed by atoms with Gasteiger partial charge in [0.05, 0.1) is 0 Å². The zero-order valence-electron chi connectivity index (χ0n) is 7.05. The molecule has 1 aliphatic carbocycles. The number of nitrogens with zero attached hydrogens (tertiary/aromatic N) is 1. The Labute approximate surface area is 67.5 Å². The van der Waals surface area contributed by atoms with Crippen molar-refractivity contribution in [1.29, 1.82) is 0 Å². The van der Waals surface area contributed by atoms with Crippen LogP contribution in [0.1, 0.15) is 26.2 Å². The van der Waals surface area contributed by atoms with E-state index in [0.717, 1.165) is 19.1 Å². The molecule has 1 saturated carbocycles. The first kappa shape index (κ1) is 8.53. The van der Waals surface area contributed by atoms with E-state index < -0.39 is 0 Å². The van der Waals surface area contributed by atoms with E-state index in [1.807, 2.05) is 0 Å². The summed E-state index contributed by atoms with van der Waals surface area (Å²) in [7, 11) is 0. The molecule has 0 aromatic rings. The highest BCUT2D eigenvalue weighted by atomic mass is 16.1. The van der Waals surface area contributed by atoms with Crippen LogP contribution in [0.15, 0.2) is 0 Å². The van der Waals surface area contributed by atoms with Gasteiger partial charge in [-0.3, -0.25) is 4.79 Å². The Morgan fingerprint density at radius 2 is 2.27 bits per heavy atom. The number of hydrogen-bond donors (Lipinski definition) is 1. The number of carbonyl (C=O) groups is 1. The fourth-order valence-corrected chi connectivity index (χ4v) is 1.29. The van der Waals surface area contributed by atoms with E-state index in [-0.39, 0.29) is 5.91 Å². The summed E-state index contributed by atoms with van der Waals surface area (Å²) < 4.78 is 0. The lowest BCUT2D eigenvalue weighted by atomic mass is 10.3. The van der Waals surface area contributed by atoms with Crippen LogP contribution >= 0.6 is 0 Å². The zero-order chi connectivity index (χ0) is 8.27. The van der Waals surface area contributed by atoms with Crippen LogP contribution in [0.3, 0.4) is 0 Å². The van der Waals surface area contributed by atoms with Gasteiger partial charge < -0.3 is 10.6 Å². The summed E-state index contributed by atoms with van der Waals surface area (Å²) in [6.07, 6.45) is 3.10. The third-order valence-corrected chi connectivity index (χ3v) is 2.11. The number of hydrogen-bond acceptors (Lipinski definition) is 2. The third-order valence-electron chi connectivity index (χ3n) is 2.11. The van der Waals surface area contributed by atoms with Gasteiger partial charge in [-0.1, -0.05) is 6.92 Å². The molecule has 0 aromatic heterocycles. The van der Waals surface area contributed by atoms with Crippen LogP contribution in [0.5, 0.6) is 0 Å². The van der Waals surface area contributed by atoms with Crippen molar-refractivity contribution in [3.05, 3.63) is 0 Å². The summed E-state index contributed by atoms with van der Waals surface area (Å²) in [6.45, 7) is 4.01. The summed E-state index contributed by atoms with van der Waals surface area (Å²) >= 11 is 0. The Kier molecular flexibility index (Phi) is 2.88. The minimum Gasteiger partial charge on any atom is -0.370 e. The van der Waals surface area contributed by atoms with Gasteiger partial charge in [-0.15, -0.1) is 0 Å². The average Bonchev–Trinajstić information content (AvgIpc) is 2.72. The van der Waals surface area contributed by atoms with E-state index in [0.29, 0.717) is 6.42 Å². The maximum Gasteiger partial charge on any atom is 0.218 e. The summed E-state index contributed by atoms with van der Waals surface area (Å²) in [6, 6.07) is 0.749. The van der Waals surface area contributed by atoms with Crippen LogP contribution in [-0.4, -0.2) is 29.9 Å². The molecule has 0 radical (unpaired) electrons. The van der Waals surface area contributed by atoms with Gasteiger partial charge in [0.1, 0.15) is 0 Å². The van der Waals surface area contributed by atoms with E-state index in [2.05, 4.69) is 11.8 Å². The predicted molar refractivity (Wildman–Crippen MR) is 44.1 cm³/mol. The highest BCUT2D eigenvalue weighted by Crippen LogP contribution is 2.26. The number of amides is 1. The SMILES string of the molecule is CCN(CCC(N)=O)C1CC1. The van der Waals surface area contributed by atoms with Crippen molar-refractivity contribution in [2.24, 2.45) is 5.73 Å². The molecular formula is C8H16N2O. The second-order valence-corrected chi connectivity index (χ2v) is 3.08. The maximum absolute atomic E-state index is 10.5. The minimum atomic E-state index is -0.191. The third kappa shape index (κ3) is 2.89. The van der Waals surface area contributed by atoms with Crippen molar-refractivity contribution >= 4 is 5.91 Å². The topological polar surface area (TPSA) is 46.3 Å². The van der Waals surface area contributed by atoms with Gasteiger partial charge in [0, 0.05) is 19.0 Å². The van der Waals surface area contributed by atoms with Gasteiger partial charge in [-0.05, 0) is 19.4 Å². The van der Waals surface area contributed by atoms with Gasteiger partial charge >= 0.3 is 0 Å². The van der Waals surface area contributed by atoms with Gasteiger partial charge in [-0.25, -0.2) is 0 Å². The molecule has 2 N–H and O–H groups in total. The highest BCUT2D eigenvalue weighted by Gasteiger charge is 2.27. The first-order valence-corrected chi connectivity index (χ1v) is 4.26. The van der Waals surface area contributed by atoms with Gasteiger partial charge in [0.2, 0.25) is 5.91 Å². The Balaban J connectivity index is 2.15. The quantitative estimate of drug-likeness (QED) is 0.624. The van der Waals surface area contributed by atoms with Crippen molar-refractivity contribution < 1.29 is 4.79 Å². The lowest BCUT2D eigenvalue weighted by molar-refractivity contribution is -0.118. The molecule has 0 bridgehead atoms. The van der Waals surface area contributed by atoms with Crippen molar-refractivity contribution in [2.75, 3.05) is 13.1 Å². The predicted octanol–water partition coefficient (Wildman–Crippen LogP) is 0.346. The molecule has 0 heterocycles. The van der Waals surface area contributed by atoms with Crippen molar-refractivity contribution in [1.82, 2.24) is 4.90 Å². The van der Waals surface area contributed by atoms with E-state index in [9.17, 15) is 4.79 Å². The molecule has 0 atom stereocenters. The Morgan fingerprint density at radius 1 is 1.64 bits per heavy atom. The van der Waals surface area contributed by atoms with Crippen molar-refractivity contribution in [2.45, 2.75) is 32.2 Å². The number of primary amides is 1. The Bertz CT molecular complexity index is 143. The van der Waals surface area contributed by atoms with Crippen LogP contribution in [0.25, 0.3) is 0 Å². The fraction of sp³-hybridized carbons (Fsp3) is 0.875. The number of rotatable bonds is 5. The molecule has 1 rings (SSSR count). The fourth-order valence-electron chi connectivity index (χ4n) is 1.29. The molecule has 64 valence electrons. The maximum atomic E-state index is 10.5. The highest BCUT2D eigenvalue weighted by molar-refractivity contribution is 5.73. The van der Waals surface area contributed by atoms with Crippen LogP contribution in [0.4, 0.5) is 0 Å². The molecule has 1 fully saturated rings. The first-order chi connectivity index (χ1) is 5.24. The number of nitrogens with two attached hydrogens (primary N) is 1. The van der Waals surface area contributed by atoms with Crippen LogP contribution in [0.2, 0.25) is 0 Å². The molecule has 11 heavy (non-hydrogen) atoms. The monoisotopic (exact) mass is 156 g/mol. The molecule has 3 nitrogen and oxygen atoms in total. The lowest BCUT2D eigenvalue weighted by Gasteiger charge is -2.18. The average molecular weight is 156 g/mol. The van der Waals surface area contributed by atoms with Crippen molar-refractivity contribution in [3.63, 3.8) is 0 Å². The largest absolute Gasteiger partial charge is 0.370 e. The summed E-state index contributed by atoms with van der Waals surface area (Å²) in [5, 5.41) is 0. The smallest absolute Gasteiger partial charge is 0.218 e. The van der Waals surface area contributed by atoms with Crippen LogP contribution < -0.4 is 5.73 Å². The molecule has 1 amide bonds. The molecule has 0 aliphatic heterocycles. The number of carbonyl (C=O) groups excluding carboxylic acids is 1. The van der Waals surface area contributed by atoms with E-state index in [4.69, 9.17) is 5.73 Å². The summed E-state index contributed by atoms with van der Waals surface area (Å²) in [5.41, 5.74) is 5.05. The molecule has 3 heteroatoms. The summed E-state index contributed by atoms with van der Waals surface area (Å²) in [5.74, 6) is -0.191. The standard InChI is InChI=1S/C8H16N2O/c1-2-10(7-3-4-7)6-5-8(9)11/h7H,2-6H2,1H3,(H2,9,11). The van der Waals surface area contributed by atoms with E-state index in [1.165, 1.54) is 12.8 Å². The van der Waals surface area contributed by atoms with Crippen LogP contribution in [0, 0.1) is 0 Å². The molecule has 0 unspecified atom stereocenters. The van der Waals surface area contributed by atoms with Gasteiger partial charge in [-0.2, -0.15) is 0 Å². The summed E-state index contributed by atoms with van der Waals surface area (Å²) in [4.78, 5) is 12.8. The Morgan fingerprint density at radius 3 is 2.64 bits per heavy atom. The lowest BCUT2D eigenvalue weighted by Crippen LogP contribution is -2.29. The normalized spacial score (nSPS) is 17.3. The second kappa shape index (κ2) is 3.72. The van der Waals surface area contributed by atoms with Gasteiger partial charge in [0.15, 0.2) is 0 Å². The molecule has 1 aliphatic rings. The molecule has 0 aromatic carbocycles. The Hall–Kier alpha value is -0.570. The molecule has 0 saturated heterocycles. The first-order valence-electron chi connectivity index (χ1n) is 4.26. The van der Waals surface area contributed by atoms with Gasteiger partial charge in [0.25, 0.3) is 0 Å². The van der Waals surface area contributed by atoms with Crippen LogP contribution in [-0.2, 0) is 4.79 Å². The van der Waals surface area contributed by atoms with E-state index in [1.54, 1.807) is 0 Å². The second-order valence-electron chi connectivity index (χ2n) is 3.08. The molecular weight excluding hydrogens is 140 g/mol. The minimum absolute atomic E-state index is 0.191. The van der Waals surface area contributed by atoms with Crippen molar-refractivity contribution in [3.8, 4) is 0 Å². The zero-order valence-corrected chi connectivity index (χ0v) is 7.05. The molecule has 0 spiro atoms.